The Morgan fingerprint density at radius 2 is 2.18 bits per heavy atom. The van der Waals surface area contributed by atoms with Crippen LogP contribution in [0, 0.1) is 0 Å². The summed E-state index contributed by atoms with van der Waals surface area (Å²) >= 11 is 0. The fourth-order valence-electron chi connectivity index (χ4n) is 2.78. The van der Waals surface area contributed by atoms with E-state index in [4.69, 9.17) is 4.74 Å². The molecule has 2 saturated heterocycles. The highest BCUT2D eigenvalue weighted by molar-refractivity contribution is 4.78. The lowest BCUT2D eigenvalue weighted by atomic mass is 10.1. The summed E-state index contributed by atoms with van der Waals surface area (Å²) in [6.07, 6.45) is 2.93. The van der Waals surface area contributed by atoms with Crippen LogP contribution in [-0.2, 0) is 4.74 Å². The zero-order valence-corrected chi connectivity index (χ0v) is 11.3. The Kier molecular flexibility index (Phi) is 5.22. The highest BCUT2D eigenvalue weighted by Gasteiger charge is 2.22. The summed E-state index contributed by atoms with van der Waals surface area (Å²) in [5, 5.41) is 3.61. The van der Waals surface area contributed by atoms with E-state index in [2.05, 4.69) is 29.1 Å². The lowest BCUT2D eigenvalue weighted by Gasteiger charge is -2.33. The number of ether oxygens (including phenoxy) is 1. The van der Waals surface area contributed by atoms with Crippen molar-refractivity contribution < 1.29 is 4.74 Å². The fourth-order valence-corrected chi connectivity index (χ4v) is 2.78. The van der Waals surface area contributed by atoms with Gasteiger partial charge in [0.1, 0.15) is 0 Å². The molecule has 0 aromatic heterocycles. The second kappa shape index (κ2) is 6.69. The smallest absolute Gasteiger partial charge is 0.0829 e. The third-order valence-corrected chi connectivity index (χ3v) is 3.95. The van der Waals surface area contributed by atoms with Crippen molar-refractivity contribution in [3.8, 4) is 0 Å². The largest absolute Gasteiger partial charge is 0.374 e. The van der Waals surface area contributed by atoms with Gasteiger partial charge in [0.15, 0.2) is 0 Å². The van der Waals surface area contributed by atoms with Gasteiger partial charge in [-0.15, -0.1) is 0 Å². The van der Waals surface area contributed by atoms with Crippen LogP contribution >= 0.6 is 0 Å². The van der Waals surface area contributed by atoms with E-state index >= 15 is 0 Å². The van der Waals surface area contributed by atoms with E-state index in [-0.39, 0.29) is 0 Å². The molecule has 2 heterocycles. The maximum Gasteiger partial charge on any atom is 0.0829 e. The number of morpholine rings is 1. The number of nitrogens with zero attached hydrogens (tertiary/aromatic N) is 2. The predicted octanol–water partition coefficient (Wildman–Crippen LogP) is 0.391. The molecule has 0 aromatic carbocycles. The highest BCUT2D eigenvalue weighted by Crippen LogP contribution is 2.09. The van der Waals surface area contributed by atoms with Gasteiger partial charge in [0, 0.05) is 38.8 Å². The normalized spacial score (nSPS) is 33.5. The van der Waals surface area contributed by atoms with Gasteiger partial charge in [0.25, 0.3) is 0 Å². The molecule has 17 heavy (non-hydrogen) atoms. The minimum absolute atomic E-state index is 0.409. The summed E-state index contributed by atoms with van der Waals surface area (Å²) in [5.41, 5.74) is 0. The van der Waals surface area contributed by atoms with Crippen molar-refractivity contribution >= 4 is 0 Å². The minimum atomic E-state index is 0.409. The van der Waals surface area contributed by atoms with E-state index in [1.165, 1.54) is 25.9 Å². The van der Waals surface area contributed by atoms with Gasteiger partial charge in [-0.3, -0.25) is 4.90 Å². The van der Waals surface area contributed by atoms with Crippen LogP contribution in [0.3, 0.4) is 0 Å². The molecule has 0 radical (unpaired) electrons. The Labute approximate surface area is 105 Å². The van der Waals surface area contributed by atoms with Gasteiger partial charge in [-0.2, -0.15) is 0 Å². The molecule has 0 saturated carbocycles. The molecule has 2 aliphatic heterocycles. The molecular weight excluding hydrogens is 214 g/mol. The maximum absolute atomic E-state index is 5.84. The zero-order chi connectivity index (χ0) is 12.1. The summed E-state index contributed by atoms with van der Waals surface area (Å²) in [6, 6.07) is 0.718. The van der Waals surface area contributed by atoms with Gasteiger partial charge in [0.2, 0.25) is 0 Å². The van der Waals surface area contributed by atoms with Gasteiger partial charge in [-0.25, -0.2) is 0 Å². The molecule has 0 aromatic rings. The van der Waals surface area contributed by atoms with Crippen LogP contribution in [0.25, 0.3) is 0 Å². The van der Waals surface area contributed by atoms with E-state index < -0.39 is 0 Å². The summed E-state index contributed by atoms with van der Waals surface area (Å²) in [6.45, 7) is 9.94. The summed E-state index contributed by atoms with van der Waals surface area (Å²) in [5.74, 6) is 0. The first-order valence-electron chi connectivity index (χ1n) is 7.04. The predicted molar refractivity (Wildman–Crippen MR) is 70.4 cm³/mol. The lowest BCUT2D eigenvalue weighted by Crippen LogP contribution is -2.46. The molecule has 0 bridgehead atoms. The van der Waals surface area contributed by atoms with Crippen LogP contribution in [-0.4, -0.2) is 74.9 Å². The van der Waals surface area contributed by atoms with E-state index in [1.54, 1.807) is 0 Å². The van der Waals surface area contributed by atoms with Gasteiger partial charge < -0.3 is 15.0 Å². The highest BCUT2D eigenvalue weighted by atomic mass is 16.5. The molecule has 0 amide bonds. The molecule has 2 fully saturated rings. The topological polar surface area (TPSA) is 27.7 Å². The van der Waals surface area contributed by atoms with E-state index in [1.807, 2.05) is 0 Å². The number of hydrogen-bond donors (Lipinski definition) is 1. The Balaban J connectivity index is 1.74. The fraction of sp³-hybridized carbons (Fsp3) is 1.00. The first-order chi connectivity index (χ1) is 8.28. The van der Waals surface area contributed by atoms with Gasteiger partial charge in [-0.1, -0.05) is 6.92 Å². The number of hydrogen-bond acceptors (Lipinski definition) is 4. The third-order valence-electron chi connectivity index (χ3n) is 3.95. The van der Waals surface area contributed by atoms with Crippen LogP contribution in [0.5, 0.6) is 0 Å². The Morgan fingerprint density at radius 1 is 1.29 bits per heavy atom. The Morgan fingerprint density at radius 3 is 2.94 bits per heavy atom. The molecule has 2 atom stereocenters. The van der Waals surface area contributed by atoms with Gasteiger partial charge >= 0.3 is 0 Å². The molecule has 2 rings (SSSR count). The zero-order valence-electron chi connectivity index (χ0n) is 11.3. The van der Waals surface area contributed by atoms with Crippen LogP contribution in [0.15, 0.2) is 0 Å². The number of rotatable bonds is 3. The molecule has 1 N–H and O–H groups in total. The quantitative estimate of drug-likeness (QED) is 0.774. The minimum Gasteiger partial charge on any atom is -0.374 e. The molecule has 2 unspecified atom stereocenters. The van der Waals surface area contributed by atoms with Crippen molar-refractivity contribution in [1.29, 1.82) is 0 Å². The third kappa shape index (κ3) is 4.21. The van der Waals surface area contributed by atoms with Gasteiger partial charge in [0.05, 0.1) is 12.7 Å². The van der Waals surface area contributed by atoms with Crippen LogP contribution in [0.2, 0.25) is 0 Å². The molecular formula is C13H27N3O. The summed E-state index contributed by atoms with van der Waals surface area (Å²) in [7, 11) is 2.19. The first kappa shape index (κ1) is 13.3. The van der Waals surface area contributed by atoms with Crippen LogP contribution in [0.1, 0.15) is 19.8 Å². The van der Waals surface area contributed by atoms with Crippen molar-refractivity contribution in [2.45, 2.75) is 31.9 Å². The molecule has 100 valence electrons. The first-order valence-corrected chi connectivity index (χ1v) is 7.04. The second-order valence-corrected chi connectivity index (χ2v) is 5.40. The van der Waals surface area contributed by atoms with Crippen LogP contribution in [0.4, 0.5) is 0 Å². The average molecular weight is 241 g/mol. The van der Waals surface area contributed by atoms with Crippen molar-refractivity contribution in [2.75, 3.05) is 52.9 Å². The summed E-state index contributed by atoms with van der Waals surface area (Å²) in [4.78, 5) is 4.94. The molecule has 2 aliphatic rings. The standard InChI is InChI=1S/C13H27N3O/c1-3-12-4-6-16(7-5-14-12)11-13-10-15(2)8-9-17-13/h12-14H,3-11H2,1-2H3. The van der Waals surface area contributed by atoms with E-state index in [9.17, 15) is 0 Å². The SMILES string of the molecule is CCC1CCN(CC2CN(C)CCO2)CCN1. The Bertz CT molecular complexity index is 225. The Hall–Kier alpha value is -0.160. The monoisotopic (exact) mass is 241 g/mol. The number of nitrogens with one attached hydrogen (secondary N) is 1. The molecule has 0 aliphatic carbocycles. The van der Waals surface area contributed by atoms with Crippen molar-refractivity contribution in [3.63, 3.8) is 0 Å². The summed E-state index contributed by atoms with van der Waals surface area (Å²) < 4.78 is 5.84. The number of likely N-dealkylation sites (N-methyl/N-ethyl adjacent to an activating group) is 1. The van der Waals surface area contributed by atoms with Crippen molar-refractivity contribution in [2.24, 2.45) is 0 Å². The van der Waals surface area contributed by atoms with Gasteiger partial charge in [-0.05, 0) is 26.4 Å². The van der Waals surface area contributed by atoms with Crippen molar-refractivity contribution in [3.05, 3.63) is 0 Å². The molecule has 0 spiro atoms. The molecule has 4 nitrogen and oxygen atoms in total. The molecule has 4 heteroatoms. The lowest BCUT2D eigenvalue weighted by molar-refractivity contribution is -0.0348. The average Bonchev–Trinajstić information content (AvgIpc) is 2.54. The second-order valence-electron chi connectivity index (χ2n) is 5.40. The van der Waals surface area contributed by atoms with Crippen molar-refractivity contribution in [1.82, 2.24) is 15.1 Å². The maximum atomic E-state index is 5.84. The van der Waals surface area contributed by atoms with E-state index in [0.717, 1.165) is 38.8 Å². The van der Waals surface area contributed by atoms with E-state index in [0.29, 0.717) is 6.10 Å². The van der Waals surface area contributed by atoms with Crippen LogP contribution < -0.4 is 5.32 Å².